The summed E-state index contributed by atoms with van der Waals surface area (Å²) < 4.78 is 2.35. The number of halogens is 1. The minimum Gasteiger partial charge on any atom is -0.368 e. The van der Waals surface area contributed by atoms with Crippen LogP contribution in [0.2, 0.25) is 5.02 Å². The average molecular weight is 444 g/mol. The summed E-state index contributed by atoms with van der Waals surface area (Å²) in [6.07, 6.45) is 6.82. The second-order valence-electron chi connectivity index (χ2n) is 8.48. The number of aromatic nitrogens is 3. The molecule has 3 heterocycles. The van der Waals surface area contributed by atoms with Gasteiger partial charge in [-0.3, -0.25) is 4.99 Å². The Bertz CT molecular complexity index is 899. The zero-order valence-corrected chi connectivity index (χ0v) is 19.5. The number of piperazine rings is 1. The first-order chi connectivity index (χ1) is 15.2. The van der Waals surface area contributed by atoms with E-state index in [0.29, 0.717) is 0 Å². The number of guanidine groups is 1. The van der Waals surface area contributed by atoms with Gasteiger partial charge < -0.3 is 19.7 Å². The molecule has 2 aromatic rings. The molecular weight excluding hydrogens is 410 g/mol. The molecule has 0 radical (unpaired) electrons. The largest absolute Gasteiger partial charge is 0.368 e. The molecule has 8 heteroatoms. The van der Waals surface area contributed by atoms with E-state index in [1.807, 2.05) is 13.1 Å². The van der Waals surface area contributed by atoms with Crippen molar-refractivity contribution in [2.45, 2.75) is 52.0 Å². The Morgan fingerprint density at radius 3 is 2.74 bits per heavy atom. The minimum absolute atomic E-state index is 0.796. The van der Waals surface area contributed by atoms with Gasteiger partial charge in [-0.1, -0.05) is 24.1 Å². The number of anilines is 1. The molecule has 1 aromatic carbocycles. The Balaban J connectivity index is 1.24. The Hall–Kier alpha value is -2.28. The van der Waals surface area contributed by atoms with Gasteiger partial charge in [0.2, 0.25) is 0 Å². The zero-order chi connectivity index (χ0) is 21.6. The summed E-state index contributed by atoms with van der Waals surface area (Å²) in [7, 11) is 1.87. The molecule has 2 aliphatic rings. The molecule has 0 atom stereocenters. The van der Waals surface area contributed by atoms with Crippen molar-refractivity contribution < 1.29 is 0 Å². The molecule has 0 amide bonds. The highest BCUT2D eigenvalue weighted by Crippen LogP contribution is 2.25. The Morgan fingerprint density at radius 2 is 1.94 bits per heavy atom. The lowest BCUT2D eigenvalue weighted by Gasteiger charge is -2.38. The number of fused-ring (bicyclic) bond motifs is 1. The van der Waals surface area contributed by atoms with Crippen molar-refractivity contribution in [2.24, 2.45) is 4.99 Å². The molecule has 7 nitrogen and oxygen atoms in total. The Labute approximate surface area is 190 Å². The number of aryl methyl sites for hydroxylation is 3. The third-order valence-electron chi connectivity index (χ3n) is 6.35. The molecule has 0 unspecified atom stereocenters. The number of aliphatic imine (C=N–C) groups is 1. The van der Waals surface area contributed by atoms with Crippen molar-refractivity contribution in [3.05, 3.63) is 40.4 Å². The van der Waals surface area contributed by atoms with Crippen molar-refractivity contribution in [2.75, 3.05) is 44.7 Å². The number of rotatable bonds is 5. The Kier molecular flexibility index (Phi) is 7.33. The maximum atomic E-state index is 6.22. The summed E-state index contributed by atoms with van der Waals surface area (Å²) >= 11 is 6.22. The molecule has 1 fully saturated rings. The average Bonchev–Trinajstić information content (AvgIpc) is 3.01. The molecule has 1 N–H and O–H groups in total. The highest BCUT2D eigenvalue weighted by Gasteiger charge is 2.21. The van der Waals surface area contributed by atoms with Crippen LogP contribution in [0.5, 0.6) is 0 Å². The first-order valence-electron chi connectivity index (χ1n) is 11.5. The summed E-state index contributed by atoms with van der Waals surface area (Å²) in [4.78, 5) is 9.28. The van der Waals surface area contributed by atoms with Gasteiger partial charge in [0, 0.05) is 69.9 Å². The fourth-order valence-electron chi connectivity index (χ4n) is 4.59. The first kappa shape index (κ1) is 21.9. The highest BCUT2D eigenvalue weighted by atomic mass is 35.5. The van der Waals surface area contributed by atoms with Crippen molar-refractivity contribution in [3.8, 4) is 0 Å². The van der Waals surface area contributed by atoms with Crippen molar-refractivity contribution in [1.82, 2.24) is 25.0 Å². The van der Waals surface area contributed by atoms with Crippen LogP contribution in [-0.4, -0.2) is 65.4 Å². The molecule has 0 saturated carbocycles. The number of nitrogens with one attached hydrogen (secondary N) is 1. The standard InChI is InChI=1S/C23H34ClN7/c1-18-9-10-19(24)17-20(18)29-13-15-30(16-14-29)23(25-2)26-11-6-8-22-28-27-21-7-4-3-5-12-31(21)22/h9-10,17H,3-8,11-16H2,1-2H3,(H,25,26). The highest BCUT2D eigenvalue weighted by molar-refractivity contribution is 6.30. The molecule has 1 aromatic heterocycles. The van der Waals surface area contributed by atoms with Crippen LogP contribution in [0.15, 0.2) is 23.2 Å². The van der Waals surface area contributed by atoms with E-state index in [2.05, 4.69) is 53.9 Å². The van der Waals surface area contributed by atoms with Crippen LogP contribution < -0.4 is 10.2 Å². The van der Waals surface area contributed by atoms with Crippen LogP contribution in [0.25, 0.3) is 0 Å². The van der Waals surface area contributed by atoms with E-state index in [-0.39, 0.29) is 0 Å². The lowest BCUT2D eigenvalue weighted by atomic mass is 10.1. The summed E-state index contributed by atoms with van der Waals surface area (Å²) in [5.41, 5.74) is 2.51. The molecule has 2 aliphatic heterocycles. The van der Waals surface area contributed by atoms with Crippen LogP contribution in [0.1, 0.15) is 42.9 Å². The van der Waals surface area contributed by atoms with Gasteiger partial charge in [-0.2, -0.15) is 0 Å². The van der Waals surface area contributed by atoms with Crippen molar-refractivity contribution >= 4 is 23.2 Å². The van der Waals surface area contributed by atoms with E-state index in [9.17, 15) is 0 Å². The zero-order valence-electron chi connectivity index (χ0n) is 18.8. The fourth-order valence-corrected chi connectivity index (χ4v) is 4.76. The lowest BCUT2D eigenvalue weighted by molar-refractivity contribution is 0.372. The van der Waals surface area contributed by atoms with Gasteiger partial charge in [-0.15, -0.1) is 10.2 Å². The van der Waals surface area contributed by atoms with Gasteiger partial charge in [0.15, 0.2) is 5.96 Å². The molecule has 1 saturated heterocycles. The first-order valence-corrected chi connectivity index (χ1v) is 11.9. The fraction of sp³-hybridized carbons (Fsp3) is 0.609. The molecule has 0 aliphatic carbocycles. The Morgan fingerprint density at radius 1 is 1.10 bits per heavy atom. The smallest absolute Gasteiger partial charge is 0.193 e. The predicted octanol–water partition coefficient (Wildman–Crippen LogP) is 3.30. The van der Waals surface area contributed by atoms with E-state index in [4.69, 9.17) is 11.6 Å². The number of nitrogens with zero attached hydrogens (tertiary/aromatic N) is 6. The van der Waals surface area contributed by atoms with Crippen LogP contribution in [0.4, 0.5) is 5.69 Å². The van der Waals surface area contributed by atoms with Crippen molar-refractivity contribution in [1.29, 1.82) is 0 Å². The third-order valence-corrected chi connectivity index (χ3v) is 6.58. The molecule has 4 rings (SSSR count). The molecule has 31 heavy (non-hydrogen) atoms. The van der Waals surface area contributed by atoms with Crippen LogP contribution in [-0.2, 0) is 19.4 Å². The summed E-state index contributed by atoms with van der Waals surface area (Å²) in [5, 5.41) is 13.2. The predicted molar refractivity (Wildman–Crippen MR) is 127 cm³/mol. The summed E-state index contributed by atoms with van der Waals surface area (Å²) in [5.74, 6) is 3.30. The van der Waals surface area contributed by atoms with E-state index >= 15 is 0 Å². The number of benzene rings is 1. The van der Waals surface area contributed by atoms with Gasteiger partial charge in [0.1, 0.15) is 11.6 Å². The lowest BCUT2D eigenvalue weighted by Crippen LogP contribution is -2.52. The SMILES string of the molecule is CN=C(NCCCc1nnc2n1CCCCC2)N1CCN(c2cc(Cl)ccc2C)CC1. The van der Waals surface area contributed by atoms with E-state index < -0.39 is 0 Å². The van der Waals surface area contributed by atoms with Gasteiger partial charge in [0.05, 0.1) is 0 Å². The molecule has 168 valence electrons. The molecular formula is C23H34ClN7. The maximum Gasteiger partial charge on any atom is 0.193 e. The minimum atomic E-state index is 0.796. The third kappa shape index (κ3) is 5.32. The molecule has 0 spiro atoms. The van der Waals surface area contributed by atoms with Gasteiger partial charge >= 0.3 is 0 Å². The maximum absolute atomic E-state index is 6.22. The second-order valence-corrected chi connectivity index (χ2v) is 8.91. The monoisotopic (exact) mass is 443 g/mol. The van der Waals surface area contributed by atoms with Crippen LogP contribution >= 0.6 is 11.6 Å². The number of hydrogen-bond acceptors (Lipinski definition) is 4. The van der Waals surface area contributed by atoms with Crippen LogP contribution in [0.3, 0.4) is 0 Å². The van der Waals surface area contributed by atoms with Crippen molar-refractivity contribution in [3.63, 3.8) is 0 Å². The second kappa shape index (κ2) is 10.4. The normalized spacial score (nSPS) is 17.5. The van der Waals surface area contributed by atoms with Gasteiger partial charge in [-0.05, 0) is 43.9 Å². The van der Waals surface area contributed by atoms with Crippen LogP contribution in [0, 0.1) is 6.92 Å². The van der Waals surface area contributed by atoms with Gasteiger partial charge in [-0.25, -0.2) is 0 Å². The van der Waals surface area contributed by atoms with E-state index in [1.54, 1.807) is 0 Å². The van der Waals surface area contributed by atoms with E-state index in [1.165, 1.54) is 36.3 Å². The number of hydrogen-bond donors (Lipinski definition) is 1. The summed E-state index contributed by atoms with van der Waals surface area (Å²) in [6, 6.07) is 6.13. The summed E-state index contributed by atoms with van der Waals surface area (Å²) in [6.45, 7) is 7.94. The van der Waals surface area contributed by atoms with E-state index in [0.717, 1.165) is 75.3 Å². The molecule has 0 bridgehead atoms. The topological polar surface area (TPSA) is 61.6 Å². The quantitative estimate of drug-likeness (QED) is 0.436. The van der Waals surface area contributed by atoms with Gasteiger partial charge in [0.25, 0.3) is 0 Å².